The van der Waals surface area contributed by atoms with Gasteiger partial charge in [0.1, 0.15) is 17.7 Å². The highest BCUT2D eigenvalue weighted by molar-refractivity contribution is 5.96. The van der Waals surface area contributed by atoms with Gasteiger partial charge in [0.2, 0.25) is 5.91 Å². The molecule has 4 aliphatic carbocycles. The lowest BCUT2D eigenvalue weighted by molar-refractivity contribution is -0.143. The number of carboxylic acid groups (broad SMARTS) is 1. The fourth-order valence-corrected chi connectivity index (χ4v) is 8.27. The van der Waals surface area contributed by atoms with Crippen LogP contribution >= 0.6 is 0 Å². The van der Waals surface area contributed by atoms with Gasteiger partial charge in [-0.1, -0.05) is 44.3 Å². The van der Waals surface area contributed by atoms with Gasteiger partial charge in [0.15, 0.2) is 6.61 Å². The summed E-state index contributed by atoms with van der Waals surface area (Å²) < 4.78 is 0. The second kappa shape index (κ2) is 11.8. The van der Waals surface area contributed by atoms with E-state index in [1.807, 2.05) is 0 Å². The molecule has 10 heteroatoms. The lowest BCUT2D eigenvalue weighted by atomic mass is 9.46. The van der Waals surface area contributed by atoms with Gasteiger partial charge < -0.3 is 30.8 Å². The van der Waals surface area contributed by atoms with Gasteiger partial charge in [0.05, 0.1) is 12.3 Å². The highest BCUT2D eigenvalue weighted by Crippen LogP contribution is 2.67. The van der Waals surface area contributed by atoms with Crippen LogP contribution in [0.3, 0.4) is 0 Å². The van der Waals surface area contributed by atoms with Gasteiger partial charge in [0.25, 0.3) is 5.91 Å². The summed E-state index contributed by atoms with van der Waals surface area (Å²) >= 11 is 0. The number of carbonyl (C=O) groups is 3. The predicted molar refractivity (Wildman–Crippen MR) is 152 cm³/mol. The van der Waals surface area contributed by atoms with Crippen LogP contribution in [-0.4, -0.2) is 69.7 Å². The molecule has 0 unspecified atom stereocenters. The van der Waals surface area contributed by atoms with Crippen molar-refractivity contribution >= 4 is 23.5 Å². The number of terminal acetylenes is 1. The standard InChI is InChI=1S/C31H45N3O7/c1-6-31(40)14-11-23-21-8-7-19-15-20(9-12-29(19,4)22(21)10-13-30(23,31)5)34-41-17-25(36)33-26(18(2)3)27(37)32-24(16-35)28(38)39/h1,15,18,21-24,26,35,40H,7-14,16-17H2,2-5H3,(H,32,37)(H,33,36)(H,38,39)/t21-,22-,23-,24+,26+,29+,30+,31-/m1/s1. The van der Waals surface area contributed by atoms with E-state index >= 15 is 0 Å². The van der Waals surface area contributed by atoms with E-state index in [4.69, 9.17) is 21.5 Å². The number of nitrogens with one attached hydrogen (secondary N) is 2. The molecule has 0 spiro atoms. The van der Waals surface area contributed by atoms with Crippen LogP contribution in [0.4, 0.5) is 0 Å². The molecule has 3 fully saturated rings. The first kappa shape index (κ1) is 31.0. The molecule has 0 aliphatic heterocycles. The van der Waals surface area contributed by atoms with Gasteiger partial charge >= 0.3 is 5.97 Å². The van der Waals surface area contributed by atoms with Crippen molar-refractivity contribution in [3.8, 4) is 12.3 Å². The zero-order chi connectivity index (χ0) is 30.2. The number of aliphatic carboxylic acids is 1. The SMILES string of the molecule is C#C[C@@]1(O)CC[C@@H]2[C@@H]3CCC4=CC(=NOCC(=O)N[C@H](C(=O)N[C@@H](CO)C(=O)O)C(C)C)CC[C@]4(C)[C@@H]3CC[C@@]21C. The Bertz CT molecular complexity index is 1160. The zero-order valence-electron chi connectivity index (χ0n) is 24.6. The van der Waals surface area contributed by atoms with Crippen molar-refractivity contribution in [1.82, 2.24) is 10.6 Å². The highest BCUT2D eigenvalue weighted by atomic mass is 16.6. The minimum absolute atomic E-state index is 0.0672. The summed E-state index contributed by atoms with van der Waals surface area (Å²) in [5.41, 5.74) is 1.01. The topological polar surface area (TPSA) is 158 Å². The van der Waals surface area contributed by atoms with Crippen LogP contribution in [0.1, 0.15) is 79.1 Å². The number of aliphatic hydroxyl groups is 2. The van der Waals surface area contributed by atoms with Gasteiger partial charge in [-0.25, -0.2) is 4.79 Å². The zero-order valence-corrected chi connectivity index (χ0v) is 24.6. The Balaban J connectivity index is 1.36. The first-order valence-electron chi connectivity index (χ1n) is 14.8. The minimum atomic E-state index is -1.45. The molecule has 41 heavy (non-hydrogen) atoms. The third-order valence-electron chi connectivity index (χ3n) is 10.8. The fourth-order valence-electron chi connectivity index (χ4n) is 8.27. The van der Waals surface area contributed by atoms with Crippen LogP contribution in [0.15, 0.2) is 16.8 Å². The second-order valence-electron chi connectivity index (χ2n) is 13.2. The maximum absolute atomic E-state index is 12.5. The van der Waals surface area contributed by atoms with E-state index in [2.05, 4.69) is 41.6 Å². The Morgan fingerprint density at radius 1 is 1.12 bits per heavy atom. The van der Waals surface area contributed by atoms with Crippen LogP contribution in [0.5, 0.6) is 0 Å². The third-order valence-corrected chi connectivity index (χ3v) is 10.8. The van der Waals surface area contributed by atoms with Crippen molar-refractivity contribution in [2.24, 2.45) is 39.7 Å². The van der Waals surface area contributed by atoms with Crippen molar-refractivity contribution in [3.05, 3.63) is 11.6 Å². The maximum Gasteiger partial charge on any atom is 0.328 e. The molecule has 0 aromatic heterocycles. The van der Waals surface area contributed by atoms with Crippen molar-refractivity contribution in [2.75, 3.05) is 13.2 Å². The molecule has 3 saturated carbocycles. The molecule has 226 valence electrons. The van der Waals surface area contributed by atoms with E-state index in [1.54, 1.807) is 13.8 Å². The molecular formula is C31H45N3O7. The van der Waals surface area contributed by atoms with Crippen LogP contribution in [-0.2, 0) is 19.2 Å². The molecule has 0 aromatic carbocycles. The quantitative estimate of drug-likeness (QED) is 0.210. The Morgan fingerprint density at radius 3 is 2.46 bits per heavy atom. The van der Waals surface area contributed by atoms with E-state index in [0.717, 1.165) is 50.7 Å². The van der Waals surface area contributed by atoms with Crippen molar-refractivity contribution < 1.29 is 34.5 Å². The van der Waals surface area contributed by atoms with Gasteiger partial charge in [-0.2, -0.15) is 0 Å². The highest BCUT2D eigenvalue weighted by Gasteiger charge is 2.63. The Hall–Kier alpha value is -2.90. The van der Waals surface area contributed by atoms with Crippen molar-refractivity contribution in [3.63, 3.8) is 0 Å². The molecular weight excluding hydrogens is 526 g/mol. The average Bonchev–Trinajstić information content (AvgIpc) is 3.20. The van der Waals surface area contributed by atoms with Gasteiger partial charge in [-0.15, -0.1) is 6.42 Å². The molecule has 0 bridgehead atoms. The van der Waals surface area contributed by atoms with Crippen LogP contribution in [0, 0.1) is 46.8 Å². The second-order valence-corrected chi connectivity index (χ2v) is 13.2. The molecule has 0 radical (unpaired) electrons. The lowest BCUT2D eigenvalue weighted by Gasteiger charge is -2.58. The number of rotatable bonds is 9. The van der Waals surface area contributed by atoms with Crippen LogP contribution in [0.25, 0.3) is 0 Å². The number of carbonyl (C=O) groups excluding carboxylic acids is 2. The summed E-state index contributed by atoms with van der Waals surface area (Å²) in [4.78, 5) is 41.5. The number of carboxylic acids is 1. The van der Waals surface area contributed by atoms with Crippen LogP contribution in [0.2, 0.25) is 0 Å². The summed E-state index contributed by atoms with van der Waals surface area (Å²) in [6.45, 7) is 6.86. The first-order valence-corrected chi connectivity index (χ1v) is 14.8. The molecule has 2 amide bonds. The fraction of sp³-hybridized carbons (Fsp3) is 0.742. The van der Waals surface area contributed by atoms with E-state index in [1.165, 1.54) is 5.57 Å². The Labute approximate surface area is 242 Å². The van der Waals surface area contributed by atoms with Crippen LogP contribution < -0.4 is 10.6 Å². The maximum atomic E-state index is 12.5. The number of hydrogen-bond donors (Lipinski definition) is 5. The third kappa shape index (κ3) is 5.63. The summed E-state index contributed by atoms with van der Waals surface area (Å²) in [6.07, 6.45) is 15.3. The van der Waals surface area contributed by atoms with Crippen molar-refractivity contribution in [2.45, 2.75) is 96.7 Å². The molecule has 4 rings (SSSR count). The van der Waals surface area contributed by atoms with E-state index < -0.39 is 42.1 Å². The van der Waals surface area contributed by atoms with E-state index in [9.17, 15) is 19.5 Å². The number of hydrogen-bond acceptors (Lipinski definition) is 7. The molecule has 8 atom stereocenters. The largest absolute Gasteiger partial charge is 0.480 e. The smallest absolute Gasteiger partial charge is 0.328 e. The number of allylic oxidation sites excluding steroid dienone is 2. The van der Waals surface area contributed by atoms with E-state index in [0.29, 0.717) is 24.2 Å². The number of aliphatic hydroxyl groups excluding tert-OH is 1. The van der Waals surface area contributed by atoms with Gasteiger partial charge in [-0.05, 0) is 86.5 Å². The number of nitrogens with zero attached hydrogens (tertiary/aromatic N) is 1. The lowest BCUT2D eigenvalue weighted by Crippen LogP contribution is -2.55. The molecule has 4 aliphatic rings. The Kier molecular flexibility index (Phi) is 8.91. The number of amides is 2. The normalized spacial score (nSPS) is 36.6. The molecule has 0 aromatic rings. The molecule has 10 nitrogen and oxygen atoms in total. The summed E-state index contributed by atoms with van der Waals surface area (Å²) in [6, 6.07) is -2.44. The first-order chi connectivity index (χ1) is 19.3. The summed E-state index contributed by atoms with van der Waals surface area (Å²) in [7, 11) is 0. The molecule has 0 saturated heterocycles. The van der Waals surface area contributed by atoms with E-state index in [-0.39, 0.29) is 23.4 Å². The minimum Gasteiger partial charge on any atom is -0.480 e. The summed E-state index contributed by atoms with van der Waals surface area (Å²) in [5.74, 6) is 1.33. The number of fused-ring (bicyclic) bond motifs is 5. The molecule has 0 heterocycles. The predicted octanol–water partition coefficient (Wildman–Crippen LogP) is 2.39. The monoisotopic (exact) mass is 571 g/mol. The summed E-state index contributed by atoms with van der Waals surface area (Å²) in [5, 5.41) is 38.5. The van der Waals surface area contributed by atoms with Gasteiger partial charge in [-0.3, -0.25) is 9.59 Å². The Morgan fingerprint density at radius 2 is 1.83 bits per heavy atom. The van der Waals surface area contributed by atoms with Crippen molar-refractivity contribution in [1.29, 1.82) is 0 Å². The average molecular weight is 572 g/mol. The van der Waals surface area contributed by atoms with Gasteiger partial charge in [0, 0.05) is 5.41 Å². The number of oxime groups is 1. The molecule has 5 N–H and O–H groups in total.